The number of hydrogen-bond donors (Lipinski definition) is 1. The van der Waals surface area contributed by atoms with Crippen LogP contribution in [0.1, 0.15) is 17.5 Å². The first-order valence-corrected chi connectivity index (χ1v) is 10.5. The van der Waals surface area contributed by atoms with E-state index in [4.69, 9.17) is 11.6 Å². The first-order valence-electron chi connectivity index (χ1n) is 10.1. The lowest BCUT2D eigenvalue weighted by Crippen LogP contribution is -2.54. The van der Waals surface area contributed by atoms with Gasteiger partial charge in [0.2, 0.25) is 5.91 Å². The molecule has 0 aromatic heterocycles. The number of carbonyl (C=O) groups is 2. The molecule has 156 valence electrons. The highest BCUT2D eigenvalue weighted by Crippen LogP contribution is 2.26. The maximum Gasteiger partial charge on any atom is 0.271 e. The van der Waals surface area contributed by atoms with E-state index in [2.05, 4.69) is 17.2 Å². The number of nitrogens with zero attached hydrogens (tertiary/aromatic N) is 3. The summed E-state index contributed by atoms with van der Waals surface area (Å²) < 4.78 is 0. The van der Waals surface area contributed by atoms with Crippen molar-refractivity contribution in [2.75, 3.05) is 36.1 Å². The zero-order valence-electron chi connectivity index (χ0n) is 17.2. The lowest BCUT2D eigenvalue weighted by molar-refractivity contribution is -0.128. The summed E-state index contributed by atoms with van der Waals surface area (Å²) in [6.07, 6.45) is 1.89. The lowest BCUT2D eigenvalue weighted by atomic mass is 10.1. The molecule has 2 aliphatic rings. The average Bonchev–Trinajstić information content (AvgIpc) is 2.76. The van der Waals surface area contributed by atoms with E-state index in [9.17, 15) is 9.59 Å². The summed E-state index contributed by atoms with van der Waals surface area (Å²) in [5.74, 6) is -0.161. The number of anilines is 2. The van der Waals surface area contributed by atoms with Gasteiger partial charge >= 0.3 is 0 Å². The molecular formula is C23H25ClN4O2. The topological polar surface area (TPSA) is 55.9 Å². The second-order valence-electron chi connectivity index (χ2n) is 7.66. The quantitative estimate of drug-likeness (QED) is 0.820. The normalized spacial score (nSPS) is 17.0. The molecule has 2 amide bonds. The van der Waals surface area contributed by atoms with Gasteiger partial charge in [0.25, 0.3) is 5.91 Å². The molecule has 0 radical (unpaired) electrons. The number of hydrogen-bond acceptors (Lipinski definition) is 4. The molecule has 2 aliphatic heterocycles. The third kappa shape index (κ3) is 4.00. The molecule has 1 fully saturated rings. The SMILES string of the molecule is Cc1ccc(Cl)cc1N1CCN(C(=O)C2=CCC(=O)N(c3ccccc3C)N2)CC1. The number of amides is 2. The Morgan fingerprint density at radius 2 is 1.67 bits per heavy atom. The van der Waals surface area contributed by atoms with Crippen molar-refractivity contribution in [3.63, 3.8) is 0 Å². The summed E-state index contributed by atoms with van der Waals surface area (Å²) in [5, 5.41) is 2.19. The van der Waals surface area contributed by atoms with Gasteiger partial charge in [-0.15, -0.1) is 0 Å². The predicted molar refractivity (Wildman–Crippen MR) is 119 cm³/mol. The Hall–Kier alpha value is -2.99. The van der Waals surface area contributed by atoms with Crippen LogP contribution in [0.15, 0.2) is 54.2 Å². The van der Waals surface area contributed by atoms with Crippen LogP contribution in [-0.4, -0.2) is 42.9 Å². The van der Waals surface area contributed by atoms with E-state index in [1.807, 2.05) is 54.3 Å². The van der Waals surface area contributed by atoms with Crippen LogP contribution in [0.5, 0.6) is 0 Å². The van der Waals surface area contributed by atoms with Crippen LogP contribution < -0.4 is 15.3 Å². The molecule has 0 atom stereocenters. The van der Waals surface area contributed by atoms with Crippen molar-refractivity contribution in [2.24, 2.45) is 0 Å². The molecule has 0 spiro atoms. The minimum atomic E-state index is -0.0814. The standard InChI is InChI=1S/C23H25ClN4O2/c1-16-5-3-4-6-20(16)28-22(29)10-9-19(25-28)23(30)27-13-11-26(12-14-27)21-15-18(24)8-7-17(21)2/h3-9,15,25H,10-14H2,1-2H3. The number of piperazine rings is 1. The largest absolute Gasteiger partial charge is 0.368 e. The van der Waals surface area contributed by atoms with Crippen LogP contribution >= 0.6 is 11.6 Å². The highest BCUT2D eigenvalue weighted by molar-refractivity contribution is 6.30. The van der Waals surface area contributed by atoms with Crippen molar-refractivity contribution in [3.8, 4) is 0 Å². The van der Waals surface area contributed by atoms with E-state index in [0.29, 0.717) is 23.8 Å². The highest BCUT2D eigenvalue weighted by atomic mass is 35.5. The van der Waals surface area contributed by atoms with E-state index < -0.39 is 0 Å². The number of rotatable bonds is 3. The van der Waals surface area contributed by atoms with Crippen molar-refractivity contribution in [1.82, 2.24) is 10.3 Å². The Bertz CT molecular complexity index is 1010. The van der Waals surface area contributed by atoms with E-state index >= 15 is 0 Å². The van der Waals surface area contributed by atoms with Crippen LogP contribution in [0.4, 0.5) is 11.4 Å². The number of carbonyl (C=O) groups excluding carboxylic acids is 2. The van der Waals surface area contributed by atoms with Crippen LogP contribution in [0.2, 0.25) is 5.02 Å². The molecule has 2 heterocycles. The fraction of sp³-hybridized carbons (Fsp3) is 0.304. The third-order valence-corrected chi connectivity index (χ3v) is 5.86. The zero-order chi connectivity index (χ0) is 21.3. The number of halogens is 1. The van der Waals surface area contributed by atoms with Gasteiger partial charge in [0.15, 0.2) is 0 Å². The Balaban J connectivity index is 1.43. The van der Waals surface area contributed by atoms with E-state index in [1.165, 1.54) is 10.6 Å². The molecule has 2 aromatic rings. The molecule has 0 saturated carbocycles. The molecule has 2 aromatic carbocycles. The summed E-state index contributed by atoms with van der Waals surface area (Å²) in [6.45, 7) is 6.71. The van der Waals surface area contributed by atoms with Crippen molar-refractivity contribution in [1.29, 1.82) is 0 Å². The first-order chi connectivity index (χ1) is 14.4. The average molecular weight is 425 g/mol. The third-order valence-electron chi connectivity index (χ3n) is 5.63. The number of para-hydroxylation sites is 1. The van der Waals surface area contributed by atoms with Crippen LogP contribution in [0.25, 0.3) is 0 Å². The fourth-order valence-corrected chi connectivity index (χ4v) is 4.06. The Kier molecular flexibility index (Phi) is 5.68. The Morgan fingerprint density at radius 3 is 2.40 bits per heavy atom. The second kappa shape index (κ2) is 8.40. The summed E-state index contributed by atoms with van der Waals surface area (Å²) >= 11 is 6.16. The van der Waals surface area contributed by atoms with Gasteiger partial charge in [0.05, 0.1) is 5.69 Å². The van der Waals surface area contributed by atoms with Crippen LogP contribution in [0.3, 0.4) is 0 Å². The molecule has 6 nitrogen and oxygen atoms in total. The number of aryl methyl sites for hydroxylation is 2. The monoisotopic (exact) mass is 424 g/mol. The number of hydrazine groups is 1. The first kappa shape index (κ1) is 20.3. The minimum absolute atomic E-state index is 0.0800. The van der Waals surface area contributed by atoms with E-state index in [0.717, 1.165) is 30.0 Å². The molecular weight excluding hydrogens is 400 g/mol. The van der Waals surface area contributed by atoms with Gasteiger partial charge in [-0.1, -0.05) is 35.9 Å². The van der Waals surface area contributed by atoms with Gasteiger partial charge in [0.1, 0.15) is 5.70 Å². The van der Waals surface area contributed by atoms with Gasteiger partial charge in [-0.2, -0.15) is 0 Å². The fourth-order valence-electron chi connectivity index (χ4n) is 3.90. The lowest BCUT2D eigenvalue weighted by Gasteiger charge is -2.38. The molecule has 0 aliphatic carbocycles. The zero-order valence-corrected chi connectivity index (χ0v) is 17.9. The van der Waals surface area contributed by atoms with Crippen molar-refractivity contribution in [3.05, 3.63) is 70.4 Å². The van der Waals surface area contributed by atoms with Gasteiger partial charge in [0, 0.05) is 43.3 Å². The molecule has 1 saturated heterocycles. The summed E-state index contributed by atoms with van der Waals surface area (Å²) in [4.78, 5) is 29.6. The maximum atomic E-state index is 13.1. The van der Waals surface area contributed by atoms with Gasteiger partial charge in [-0.3, -0.25) is 15.0 Å². The van der Waals surface area contributed by atoms with Crippen molar-refractivity contribution < 1.29 is 9.59 Å². The molecule has 4 rings (SSSR count). The molecule has 0 unspecified atom stereocenters. The number of benzene rings is 2. The predicted octanol–water partition coefficient (Wildman–Crippen LogP) is 3.43. The minimum Gasteiger partial charge on any atom is -0.368 e. The maximum absolute atomic E-state index is 13.1. The smallest absolute Gasteiger partial charge is 0.271 e. The molecule has 30 heavy (non-hydrogen) atoms. The summed E-state index contributed by atoms with van der Waals surface area (Å²) in [6, 6.07) is 13.5. The van der Waals surface area contributed by atoms with E-state index in [1.54, 1.807) is 6.08 Å². The van der Waals surface area contributed by atoms with Gasteiger partial charge in [-0.25, -0.2) is 5.01 Å². The van der Waals surface area contributed by atoms with Crippen molar-refractivity contribution >= 4 is 34.8 Å². The highest BCUT2D eigenvalue weighted by Gasteiger charge is 2.29. The number of nitrogens with one attached hydrogen (secondary N) is 1. The molecule has 0 bridgehead atoms. The Morgan fingerprint density at radius 1 is 0.967 bits per heavy atom. The van der Waals surface area contributed by atoms with Gasteiger partial charge in [-0.05, 0) is 49.2 Å². The second-order valence-corrected chi connectivity index (χ2v) is 8.10. The van der Waals surface area contributed by atoms with Gasteiger partial charge < -0.3 is 9.80 Å². The summed E-state index contributed by atoms with van der Waals surface area (Å²) in [5.41, 5.74) is 7.51. The molecule has 7 heteroatoms. The summed E-state index contributed by atoms with van der Waals surface area (Å²) in [7, 11) is 0. The Labute approximate surface area is 181 Å². The van der Waals surface area contributed by atoms with E-state index in [-0.39, 0.29) is 18.2 Å². The van der Waals surface area contributed by atoms with Crippen LogP contribution in [-0.2, 0) is 9.59 Å². The molecule has 1 N–H and O–H groups in total. The van der Waals surface area contributed by atoms with Crippen molar-refractivity contribution in [2.45, 2.75) is 20.3 Å². The van der Waals surface area contributed by atoms with Crippen LogP contribution in [0, 0.1) is 13.8 Å².